The zero-order valence-corrected chi connectivity index (χ0v) is 6.68. The van der Waals surface area contributed by atoms with Gasteiger partial charge in [-0.2, -0.15) is 0 Å². The van der Waals surface area contributed by atoms with Gasteiger partial charge in [-0.3, -0.25) is 0 Å². The summed E-state index contributed by atoms with van der Waals surface area (Å²) >= 11 is 5.60. The van der Waals surface area contributed by atoms with E-state index in [1.165, 1.54) is 12.1 Å². The Labute approximate surface area is 69.4 Å². The Morgan fingerprint density at radius 3 is 2.45 bits per heavy atom. The zero-order valence-electron chi connectivity index (χ0n) is 5.93. The van der Waals surface area contributed by atoms with E-state index in [1.54, 1.807) is 13.0 Å². The van der Waals surface area contributed by atoms with Crippen molar-refractivity contribution in [3.05, 3.63) is 34.3 Å². The first-order valence-corrected chi connectivity index (χ1v) is 3.46. The van der Waals surface area contributed by atoms with Crippen molar-refractivity contribution in [2.45, 2.75) is 6.92 Å². The van der Waals surface area contributed by atoms with Crippen LogP contribution in [0.5, 0.6) is 0 Å². The van der Waals surface area contributed by atoms with Crippen LogP contribution in [0.1, 0.15) is 15.9 Å². The number of benzene rings is 1. The predicted octanol–water partition coefficient (Wildman–Crippen LogP) is 2.22. The first kappa shape index (κ1) is 8.08. The molecular weight excluding hydrogens is 164 g/mol. The highest BCUT2D eigenvalue weighted by molar-refractivity contribution is 6.31. The number of rotatable bonds is 1. The topological polar surface area (TPSA) is 37.0 Å². The molecule has 57 valence electrons. The van der Waals surface area contributed by atoms with Gasteiger partial charge in [0.1, 0.15) is 0 Å². The molecule has 0 saturated heterocycles. The number of hydrogen-bond acceptors (Lipinski definition) is 1. The fraction of sp³-hybridized carbons (Fsp3) is 0.125. The minimum absolute atomic E-state index is 0.120. The molecule has 0 saturated carbocycles. The summed E-state index contributed by atoms with van der Waals surface area (Å²) in [5.41, 5.74) is 0.937. The average Bonchev–Trinajstić information content (AvgIpc) is 1.85. The second-order valence-electron chi connectivity index (χ2n) is 2.30. The first-order chi connectivity index (χ1) is 5.09. The third-order valence-corrected chi connectivity index (χ3v) is 1.50. The van der Waals surface area contributed by atoms with Crippen LogP contribution in [0.4, 0.5) is 0 Å². The molecule has 1 aromatic carbocycles. The van der Waals surface area contributed by atoms with Gasteiger partial charge in [-0.05, 0) is 30.7 Å². The van der Waals surface area contributed by atoms with E-state index in [-0.39, 0.29) is 5.56 Å². The van der Waals surface area contributed by atoms with E-state index in [0.717, 1.165) is 5.56 Å². The number of halogens is 1. The maximum atomic E-state index is 10.3. The fourth-order valence-electron chi connectivity index (χ4n) is 0.854. The van der Waals surface area contributed by atoms with Crippen LogP contribution in [-0.2, 0) is 5.11 Å². The highest BCUT2D eigenvalue weighted by Crippen LogP contribution is 2.14. The van der Waals surface area contributed by atoms with Crippen LogP contribution < -0.4 is 0 Å². The average molecular weight is 170 g/mol. The van der Waals surface area contributed by atoms with Gasteiger partial charge in [0.2, 0.25) is 0 Å². The lowest BCUT2D eigenvalue weighted by atomic mass is 10.1. The van der Waals surface area contributed by atoms with Gasteiger partial charge in [-0.1, -0.05) is 11.6 Å². The molecule has 0 heterocycles. The summed E-state index contributed by atoms with van der Waals surface area (Å²) < 4.78 is 0. The van der Waals surface area contributed by atoms with Gasteiger partial charge in [0, 0.05) is 5.02 Å². The van der Waals surface area contributed by atoms with Gasteiger partial charge >= 0.3 is 5.97 Å². The third kappa shape index (κ3) is 1.95. The maximum absolute atomic E-state index is 10.3. The molecule has 0 aliphatic heterocycles. The van der Waals surface area contributed by atoms with E-state index in [0.29, 0.717) is 5.02 Å². The third-order valence-electron chi connectivity index (χ3n) is 1.28. The number of carbonyl (C=O) groups excluding carboxylic acids is 1. The SMILES string of the molecule is Cc1cc(Cl)cc(C([O])=O)c1. The van der Waals surface area contributed by atoms with E-state index in [4.69, 9.17) is 11.6 Å². The van der Waals surface area contributed by atoms with Gasteiger partial charge in [0.05, 0.1) is 5.56 Å². The summed E-state index contributed by atoms with van der Waals surface area (Å²) in [6.07, 6.45) is 0. The van der Waals surface area contributed by atoms with Crippen molar-refractivity contribution in [2.75, 3.05) is 0 Å². The van der Waals surface area contributed by atoms with Crippen LogP contribution in [0.2, 0.25) is 5.02 Å². The Morgan fingerprint density at radius 2 is 2.00 bits per heavy atom. The number of carbonyl (C=O) groups is 1. The molecule has 3 heteroatoms. The molecule has 0 atom stereocenters. The lowest BCUT2D eigenvalue weighted by Gasteiger charge is -1.95. The second kappa shape index (κ2) is 2.93. The van der Waals surface area contributed by atoms with Crippen LogP contribution in [0.25, 0.3) is 0 Å². The molecule has 0 aromatic heterocycles. The maximum Gasteiger partial charge on any atom is 0.386 e. The lowest BCUT2D eigenvalue weighted by molar-refractivity contribution is 0.0573. The summed E-state index contributed by atoms with van der Waals surface area (Å²) in [6.45, 7) is 1.78. The van der Waals surface area contributed by atoms with Gasteiger partial charge in [0.15, 0.2) is 0 Å². The molecular formula is C8H6ClO2. The molecule has 1 aromatic rings. The largest absolute Gasteiger partial charge is 0.386 e. The zero-order chi connectivity index (χ0) is 8.43. The van der Waals surface area contributed by atoms with E-state index in [1.807, 2.05) is 0 Å². The van der Waals surface area contributed by atoms with Gasteiger partial charge < -0.3 is 0 Å². The molecule has 1 radical (unpaired) electrons. The monoisotopic (exact) mass is 169 g/mol. The molecule has 0 amide bonds. The molecule has 0 bridgehead atoms. The predicted molar refractivity (Wildman–Crippen MR) is 41.2 cm³/mol. The second-order valence-corrected chi connectivity index (χ2v) is 2.74. The van der Waals surface area contributed by atoms with E-state index < -0.39 is 5.97 Å². The lowest BCUT2D eigenvalue weighted by Crippen LogP contribution is -1.94. The Bertz CT molecular complexity index is 274. The number of hydrogen-bond donors (Lipinski definition) is 0. The summed E-state index contributed by atoms with van der Waals surface area (Å²) in [6, 6.07) is 4.57. The molecule has 2 nitrogen and oxygen atoms in total. The first-order valence-electron chi connectivity index (χ1n) is 3.08. The Balaban J connectivity index is 3.19. The fourth-order valence-corrected chi connectivity index (χ4v) is 1.14. The minimum atomic E-state index is -1.20. The van der Waals surface area contributed by atoms with Gasteiger partial charge in [-0.15, -0.1) is 0 Å². The Hall–Kier alpha value is -1.02. The van der Waals surface area contributed by atoms with Crippen LogP contribution in [0.15, 0.2) is 18.2 Å². The van der Waals surface area contributed by atoms with Crippen LogP contribution >= 0.6 is 11.6 Å². The molecule has 1 rings (SSSR count). The van der Waals surface area contributed by atoms with Crippen molar-refractivity contribution in [1.82, 2.24) is 0 Å². The van der Waals surface area contributed by atoms with Crippen molar-refractivity contribution in [1.29, 1.82) is 0 Å². The smallest absolute Gasteiger partial charge is 0.242 e. The summed E-state index contributed by atoms with van der Waals surface area (Å²) in [5, 5.41) is 10.8. The molecule has 0 aliphatic rings. The summed E-state index contributed by atoms with van der Waals surface area (Å²) in [4.78, 5) is 10.3. The van der Waals surface area contributed by atoms with Crippen LogP contribution in [0.3, 0.4) is 0 Å². The van der Waals surface area contributed by atoms with Crippen molar-refractivity contribution < 1.29 is 9.90 Å². The molecule has 0 fully saturated rings. The quantitative estimate of drug-likeness (QED) is 0.635. The van der Waals surface area contributed by atoms with E-state index >= 15 is 0 Å². The summed E-state index contributed by atoms with van der Waals surface area (Å²) in [5.74, 6) is -1.20. The van der Waals surface area contributed by atoms with Crippen molar-refractivity contribution in [3.8, 4) is 0 Å². The van der Waals surface area contributed by atoms with Crippen LogP contribution in [0, 0.1) is 6.92 Å². The van der Waals surface area contributed by atoms with Crippen molar-refractivity contribution in [2.24, 2.45) is 0 Å². The molecule has 0 N–H and O–H groups in total. The Morgan fingerprint density at radius 1 is 1.36 bits per heavy atom. The van der Waals surface area contributed by atoms with Gasteiger partial charge in [0.25, 0.3) is 0 Å². The molecule has 0 aliphatic carbocycles. The van der Waals surface area contributed by atoms with Crippen molar-refractivity contribution >= 4 is 17.6 Å². The normalized spacial score (nSPS) is 9.64. The highest BCUT2D eigenvalue weighted by atomic mass is 35.5. The van der Waals surface area contributed by atoms with E-state index in [9.17, 15) is 9.90 Å². The molecule has 11 heavy (non-hydrogen) atoms. The Kier molecular flexibility index (Phi) is 2.15. The van der Waals surface area contributed by atoms with Crippen molar-refractivity contribution in [3.63, 3.8) is 0 Å². The summed E-state index contributed by atoms with van der Waals surface area (Å²) in [7, 11) is 0. The number of aryl methyl sites for hydroxylation is 1. The highest BCUT2D eigenvalue weighted by Gasteiger charge is 2.05. The van der Waals surface area contributed by atoms with E-state index in [2.05, 4.69) is 0 Å². The van der Waals surface area contributed by atoms with Gasteiger partial charge in [-0.25, -0.2) is 9.90 Å². The standard InChI is InChI=1S/C8H6ClO2/c1-5-2-6(8(10)11)4-7(9)3-5/h2-4H,1H3. The van der Waals surface area contributed by atoms with Crippen LogP contribution in [-0.4, -0.2) is 5.97 Å². The molecule has 0 unspecified atom stereocenters. The minimum Gasteiger partial charge on any atom is -0.242 e. The molecule has 0 spiro atoms.